The standard InChI is InChI=1S/C16H20BrNOS/c1-11(8-14-6-4-12(2)20-14)18-10-13-5-7-16(19-3)15(17)9-13/h4-7,9,11,18H,8,10H2,1-3H3. The highest BCUT2D eigenvalue weighted by atomic mass is 79.9. The minimum absolute atomic E-state index is 0.467. The third-order valence-electron chi connectivity index (χ3n) is 3.17. The van der Waals surface area contributed by atoms with E-state index in [4.69, 9.17) is 4.74 Å². The fourth-order valence-corrected chi connectivity index (χ4v) is 3.69. The topological polar surface area (TPSA) is 21.3 Å². The Morgan fingerprint density at radius 3 is 2.70 bits per heavy atom. The van der Waals surface area contributed by atoms with Crippen LogP contribution in [-0.2, 0) is 13.0 Å². The Labute approximate surface area is 133 Å². The molecular formula is C16H20BrNOS. The summed E-state index contributed by atoms with van der Waals surface area (Å²) < 4.78 is 6.24. The van der Waals surface area contributed by atoms with Crippen molar-refractivity contribution < 1.29 is 4.74 Å². The van der Waals surface area contributed by atoms with Crippen molar-refractivity contribution in [3.05, 3.63) is 50.1 Å². The number of nitrogens with one attached hydrogen (secondary N) is 1. The number of hydrogen-bond acceptors (Lipinski definition) is 3. The molecule has 0 spiro atoms. The third kappa shape index (κ3) is 4.33. The van der Waals surface area contributed by atoms with Crippen molar-refractivity contribution in [3.8, 4) is 5.75 Å². The first kappa shape index (κ1) is 15.5. The highest BCUT2D eigenvalue weighted by molar-refractivity contribution is 9.10. The maximum atomic E-state index is 5.24. The van der Waals surface area contributed by atoms with Crippen LogP contribution in [0.15, 0.2) is 34.8 Å². The number of thiophene rings is 1. The van der Waals surface area contributed by atoms with E-state index in [0.29, 0.717) is 6.04 Å². The molecule has 2 aromatic rings. The third-order valence-corrected chi connectivity index (χ3v) is 4.82. The zero-order valence-electron chi connectivity index (χ0n) is 12.1. The van der Waals surface area contributed by atoms with Crippen molar-refractivity contribution in [3.63, 3.8) is 0 Å². The summed E-state index contributed by atoms with van der Waals surface area (Å²) in [5.41, 5.74) is 1.26. The van der Waals surface area contributed by atoms with Crippen LogP contribution < -0.4 is 10.1 Å². The molecule has 0 saturated carbocycles. The van der Waals surface area contributed by atoms with Crippen molar-refractivity contribution in [2.24, 2.45) is 0 Å². The van der Waals surface area contributed by atoms with E-state index >= 15 is 0 Å². The lowest BCUT2D eigenvalue weighted by Crippen LogP contribution is -2.27. The van der Waals surface area contributed by atoms with Gasteiger partial charge in [-0.05, 0) is 66.0 Å². The van der Waals surface area contributed by atoms with Crippen molar-refractivity contribution in [1.29, 1.82) is 0 Å². The highest BCUT2D eigenvalue weighted by Crippen LogP contribution is 2.25. The SMILES string of the molecule is COc1ccc(CNC(C)Cc2ccc(C)s2)cc1Br. The summed E-state index contributed by atoms with van der Waals surface area (Å²) >= 11 is 5.40. The summed E-state index contributed by atoms with van der Waals surface area (Å²) in [7, 11) is 1.68. The number of methoxy groups -OCH3 is 1. The maximum Gasteiger partial charge on any atom is 0.133 e. The molecule has 0 aliphatic rings. The fraction of sp³-hybridized carbons (Fsp3) is 0.375. The molecule has 0 aliphatic carbocycles. The Balaban J connectivity index is 1.86. The Bertz CT molecular complexity index is 567. The van der Waals surface area contributed by atoms with Crippen LogP contribution in [0.3, 0.4) is 0 Å². The van der Waals surface area contributed by atoms with E-state index in [2.05, 4.69) is 59.4 Å². The monoisotopic (exact) mass is 353 g/mol. The second-order valence-electron chi connectivity index (χ2n) is 4.97. The summed E-state index contributed by atoms with van der Waals surface area (Å²) in [5, 5.41) is 3.57. The van der Waals surface area contributed by atoms with Gasteiger partial charge in [0, 0.05) is 22.3 Å². The lowest BCUT2D eigenvalue weighted by atomic mass is 10.1. The average molecular weight is 354 g/mol. The first-order valence-electron chi connectivity index (χ1n) is 6.69. The quantitative estimate of drug-likeness (QED) is 0.822. The van der Waals surface area contributed by atoms with Gasteiger partial charge in [-0.2, -0.15) is 0 Å². The number of halogens is 1. The summed E-state index contributed by atoms with van der Waals surface area (Å²) in [6.07, 6.45) is 1.08. The minimum Gasteiger partial charge on any atom is -0.496 e. The molecule has 0 amide bonds. The van der Waals surface area contributed by atoms with Crippen LogP contribution in [0.2, 0.25) is 0 Å². The molecule has 108 valence electrons. The van der Waals surface area contributed by atoms with Crippen molar-refractivity contribution in [1.82, 2.24) is 5.32 Å². The molecule has 0 fully saturated rings. The molecular weight excluding hydrogens is 334 g/mol. The average Bonchev–Trinajstić information content (AvgIpc) is 2.82. The largest absolute Gasteiger partial charge is 0.496 e. The predicted molar refractivity (Wildman–Crippen MR) is 89.8 cm³/mol. The zero-order valence-corrected chi connectivity index (χ0v) is 14.5. The molecule has 0 radical (unpaired) electrons. The zero-order chi connectivity index (χ0) is 14.5. The van der Waals surface area contributed by atoms with Gasteiger partial charge in [-0.25, -0.2) is 0 Å². The maximum absolute atomic E-state index is 5.24. The Morgan fingerprint density at radius 1 is 1.30 bits per heavy atom. The molecule has 1 N–H and O–H groups in total. The second-order valence-corrected chi connectivity index (χ2v) is 7.19. The van der Waals surface area contributed by atoms with Crippen molar-refractivity contribution >= 4 is 27.3 Å². The van der Waals surface area contributed by atoms with Crippen LogP contribution in [-0.4, -0.2) is 13.2 Å². The predicted octanol–water partition coefficient (Wildman–Crippen LogP) is 4.55. The van der Waals surface area contributed by atoms with E-state index in [0.717, 1.165) is 23.2 Å². The first-order chi connectivity index (χ1) is 9.58. The second kappa shape index (κ2) is 7.25. The van der Waals surface area contributed by atoms with E-state index in [1.54, 1.807) is 7.11 Å². The Morgan fingerprint density at radius 2 is 2.10 bits per heavy atom. The van der Waals surface area contributed by atoms with Gasteiger partial charge in [0.15, 0.2) is 0 Å². The molecule has 1 atom stereocenters. The van der Waals surface area contributed by atoms with Gasteiger partial charge in [0.1, 0.15) is 5.75 Å². The van der Waals surface area contributed by atoms with Crippen molar-refractivity contribution in [2.75, 3.05) is 7.11 Å². The minimum atomic E-state index is 0.467. The van der Waals surface area contributed by atoms with Gasteiger partial charge in [0.2, 0.25) is 0 Å². The molecule has 1 heterocycles. The van der Waals surface area contributed by atoms with Gasteiger partial charge >= 0.3 is 0 Å². The van der Waals surface area contributed by atoms with E-state index in [-0.39, 0.29) is 0 Å². The molecule has 1 aromatic heterocycles. The van der Waals surface area contributed by atoms with Gasteiger partial charge in [-0.3, -0.25) is 0 Å². The highest BCUT2D eigenvalue weighted by Gasteiger charge is 2.06. The molecule has 4 heteroatoms. The number of aryl methyl sites for hydroxylation is 1. The van der Waals surface area contributed by atoms with E-state index in [9.17, 15) is 0 Å². The van der Waals surface area contributed by atoms with E-state index in [1.807, 2.05) is 17.4 Å². The van der Waals surface area contributed by atoms with Crippen LogP contribution in [0.4, 0.5) is 0 Å². The number of hydrogen-bond donors (Lipinski definition) is 1. The lowest BCUT2D eigenvalue weighted by Gasteiger charge is -2.13. The molecule has 1 aromatic carbocycles. The molecule has 2 nitrogen and oxygen atoms in total. The van der Waals surface area contributed by atoms with Crippen LogP contribution in [0, 0.1) is 6.92 Å². The van der Waals surface area contributed by atoms with Gasteiger partial charge in [0.05, 0.1) is 11.6 Å². The molecule has 1 unspecified atom stereocenters. The fourth-order valence-electron chi connectivity index (χ4n) is 2.08. The smallest absolute Gasteiger partial charge is 0.133 e. The number of rotatable bonds is 6. The molecule has 0 bridgehead atoms. The normalized spacial score (nSPS) is 12.4. The van der Waals surface area contributed by atoms with Gasteiger partial charge in [-0.15, -0.1) is 11.3 Å². The Hall–Kier alpha value is -0.840. The Kier molecular flexibility index (Phi) is 5.64. The first-order valence-corrected chi connectivity index (χ1v) is 8.30. The summed E-state index contributed by atoms with van der Waals surface area (Å²) in [6.45, 7) is 5.25. The van der Waals surface area contributed by atoms with Crippen LogP contribution in [0.5, 0.6) is 5.75 Å². The van der Waals surface area contributed by atoms with Gasteiger partial charge < -0.3 is 10.1 Å². The summed E-state index contributed by atoms with van der Waals surface area (Å²) in [6, 6.07) is 11.1. The van der Waals surface area contributed by atoms with Crippen LogP contribution in [0.1, 0.15) is 22.2 Å². The number of ether oxygens (including phenoxy) is 1. The van der Waals surface area contributed by atoms with Crippen LogP contribution >= 0.6 is 27.3 Å². The molecule has 20 heavy (non-hydrogen) atoms. The molecule has 2 rings (SSSR count). The van der Waals surface area contributed by atoms with Gasteiger partial charge in [-0.1, -0.05) is 6.07 Å². The molecule has 0 saturated heterocycles. The summed E-state index contributed by atoms with van der Waals surface area (Å²) in [4.78, 5) is 2.82. The molecule has 0 aliphatic heterocycles. The lowest BCUT2D eigenvalue weighted by molar-refractivity contribution is 0.412. The van der Waals surface area contributed by atoms with Crippen molar-refractivity contribution in [2.45, 2.75) is 32.9 Å². The van der Waals surface area contributed by atoms with E-state index < -0.39 is 0 Å². The summed E-state index contributed by atoms with van der Waals surface area (Å²) in [5.74, 6) is 0.871. The van der Waals surface area contributed by atoms with Crippen LogP contribution in [0.25, 0.3) is 0 Å². The number of benzene rings is 1. The van der Waals surface area contributed by atoms with Gasteiger partial charge in [0.25, 0.3) is 0 Å². The van der Waals surface area contributed by atoms with E-state index in [1.165, 1.54) is 15.3 Å².